The minimum atomic E-state index is 0.486. The van der Waals surface area contributed by atoms with Crippen LogP contribution in [0.15, 0.2) is 28.8 Å². The molecule has 94 valence electrons. The van der Waals surface area contributed by atoms with Crippen molar-refractivity contribution in [2.24, 2.45) is 0 Å². The number of hydrogen-bond acceptors (Lipinski definition) is 4. The maximum absolute atomic E-state index is 5.28. The second kappa shape index (κ2) is 4.44. The summed E-state index contributed by atoms with van der Waals surface area (Å²) in [5.41, 5.74) is 2.70. The Morgan fingerprint density at radius 1 is 1.39 bits per heavy atom. The molecule has 18 heavy (non-hydrogen) atoms. The number of para-hydroxylation sites is 1. The van der Waals surface area contributed by atoms with Crippen molar-refractivity contribution in [1.82, 2.24) is 10.1 Å². The topological polar surface area (TPSA) is 42.2 Å². The predicted molar refractivity (Wildman–Crippen MR) is 69.5 cm³/mol. The van der Waals surface area contributed by atoms with Crippen LogP contribution in [0.2, 0.25) is 0 Å². The highest BCUT2D eigenvalue weighted by atomic mass is 16.5. The van der Waals surface area contributed by atoms with E-state index in [1.165, 1.54) is 11.3 Å². The summed E-state index contributed by atoms with van der Waals surface area (Å²) in [6.07, 6.45) is 1.90. The Bertz CT molecular complexity index is 549. The van der Waals surface area contributed by atoms with Gasteiger partial charge in [-0.15, -0.1) is 0 Å². The number of benzene rings is 1. The number of aromatic nitrogens is 2. The summed E-state index contributed by atoms with van der Waals surface area (Å²) in [7, 11) is 0. The van der Waals surface area contributed by atoms with Gasteiger partial charge in [0.1, 0.15) is 0 Å². The zero-order valence-electron chi connectivity index (χ0n) is 10.8. The van der Waals surface area contributed by atoms with Gasteiger partial charge >= 0.3 is 0 Å². The third kappa shape index (κ3) is 1.88. The minimum absolute atomic E-state index is 0.486. The lowest BCUT2D eigenvalue weighted by atomic mass is 10.1. The smallest absolute Gasteiger partial charge is 0.246 e. The first-order valence-electron chi connectivity index (χ1n) is 6.44. The summed E-state index contributed by atoms with van der Waals surface area (Å²) in [6, 6.07) is 9.01. The predicted octanol–water partition coefficient (Wildman–Crippen LogP) is 2.58. The van der Waals surface area contributed by atoms with Gasteiger partial charge in [-0.25, -0.2) is 0 Å². The molecule has 0 saturated carbocycles. The maximum atomic E-state index is 5.28. The molecule has 1 atom stereocenters. The molecule has 0 fully saturated rings. The van der Waals surface area contributed by atoms with Crippen LogP contribution in [0.4, 0.5) is 5.69 Å². The lowest BCUT2D eigenvalue weighted by Gasteiger charge is -2.22. The first kappa shape index (κ1) is 11.3. The van der Waals surface area contributed by atoms with Crippen molar-refractivity contribution in [2.45, 2.75) is 39.3 Å². The van der Waals surface area contributed by atoms with E-state index in [9.17, 15) is 0 Å². The van der Waals surface area contributed by atoms with E-state index in [0.717, 1.165) is 18.7 Å². The van der Waals surface area contributed by atoms with Crippen molar-refractivity contribution in [2.75, 3.05) is 4.90 Å². The summed E-state index contributed by atoms with van der Waals surface area (Å²) in [6.45, 7) is 4.96. The third-order valence-corrected chi connectivity index (χ3v) is 3.48. The summed E-state index contributed by atoms with van der Waals surface area (Å²) in [5, 5.41) is 3.94. The summed E-state index contributed by atoms with van der Waals surface area (Å²) in [5.74, 6) is 1.49. The van der Waals surface area contributed by atoms with Gasteiger partial charge in [-0.2, -0.15) is 4.98 Å². The molecule has 3 rings (SSSR count). The van der Waals surface area contributed by atoms with Crippen LogP contribution in [0.5, 0.6) is 0 Å². The molecule has 4 nitrogen and oxygen atoms in total. The number of anilines is 1. The van der Waals surface area contributed by atoms with Crippen LogP contribution in [0.25, 0.3) is 0 Å². The van der Waals surface area contributed by atoms with Crippen molar-refractivity contribution < 1.29 is 4.52 Å². The van der Waals surface area contributed by atoms with E-state index in [4.69, 9.17) is 4.52 Å². The van der Waals surface area contributed by atoms with Crippen LogP contribution >= 0.6 is 0 Å². The Hall–Kier alpha value is -1.84. The zero-order chi connectivity index (χ0) is 12.5. The number of hydrogen-bond donors (Lipinski definition) is 0. The van der Waals surface area contributed by atoms with Crippen molar-refractivity contribution in [1.29, 1.82) is 0 Å². The number of fused-ring (bicyclic) bond motifs is 1. The van der Waals surface area contributed by atoms with E-state index in [-0.39, 0.29) is 0 Å². The molecule has 1 aliphatic heterocycles. The fourth-order valence-electron chi connectivity index (χ4n) is 2.51. The van der Waals surface area contributed by atoms with E-state index >= 15 is 0 Å². The highest BCUT2D eigenvalue weighted by Crippen LogP contribution is 2.32. The lowest BCUT2D eigenvalue weighted by Crippen LogP contribution is -2.28. The molecule has 1 aromatic carbocycles. The standard InChI is InChI=1S/C14H17N3O/c1-3-13-15-14(18-16-13)9-17-10(2)8-11-6-4-5-7-12(11)17/h4-7,10H,3,8-9H2,1-2H3. The molecule has 0 radical (unpaired) electrons. The molecule has 1 unspecified atom stereocenters. The van der Waals surface area contributed by atoms with Crippen molar-refractivity contribution in [3.05, 3.63) is 41.5 Å². The van der Waals surface area contributed by atoms with Crippen LogP contribution in [0, 0.1) is 0 Å². The first-order valence-corrected chi connectivity index (χ1v) is 6.44. The van der Waals surface area contributed by atoms with Gasteiger partial charge in [0.2, 0.25) is 5.89 Å². The molecule has 1 aliphatic rings. The van der Waals surface area contributed by atoms with Gasteiger partial charge in [0.05, 0.1) is 6.54 Å². The number of rotatable bonds is 3. The molecular weight excluding hydrogens is 226 g/mol. The van der Waals surface area contributed by atoms with Gasteiger partial charge in [0.25, 0.3) is 0 Å². The average Bonchev–Trinajstić information content (AvgIpc) is 2.96. The molecule has 0 bridgehead atoms. The van der Waals surface area contributed by atoms with E-state index < -0.39 is 0 Å². The largest absolute Gasteiger partial charge is 0.359 e. The van der Waals surface area contributed by atoms with Crippen LogP contribution in [0.3, 0.4) is 0 Å². The summed E-state index contributed by atoms with van der Waals surface area (Å²) in [4.78, 5) is 6.72. The van der Waals surface area contributed by atoms with Crippen LogP contribution in [-0.4, -0.2) is 16.2 Å². The molecular formula is C14H17N3O. The minimum Gasteiger partial charge on any atom is -0.359 e. The molecule has 2 heterocycles. The van der Waals surface area contributed by atoms with Gasteiger partial charge in [0, 0.05) is 18.2 Å². The van der Waals surface area contributed by atoms with E-state index in [2.05, 4.69) is 46.2 Å². The maximum Gasteiger partial charge on any atom is 0.246 e. The fourth-order valence-corrected chi connectivity index (χ4v) is 2.51. The molecule has 1 aromatic heterocycles. The highest BCUT2D eigenvalue weighted by Gasteiger charge is 2.26. The van der Waals surface area contributed by atoms with E-state index in [1.54, 1.807) is 0 Å². The van der Waals surface area contributed by atoms with E-state index in [0.29, 0.717) is 18.5 Å². The molecule has 0 saturated heterocycles. The molecule has 0 amide bonds. The Morgan fingerprint density at radius 2 is 2.22 bits per heavy atom. The summed E-state index contributed by atoms with van der Waals surface area (Å²) >= 11 is 0. The molecule has 4 heteroatoms. The second-order valence-electron chi connectivity index (χ2n) is 4.77. The number of nitrogens with zero attached hydrogens (tertiary/aromatic N) is 3. The fraction of sp³-hybridized carbons (Fsp3) is 0.429. The quantitative estimate of drug-likeness (QED) is 0.831. The van der Waals surface area contributed by atoms with Gasteiger partial charge in [0.15, 0.2) is 5.82 Å². The average molecular weight is 243 g/mol. The van der Waals surface area contributed by atoms with Crippen molar-refractivity contribution in [3.63, 3.8) is 0 Å². The Labute approximate surface area is 107 Å². The normalized spacial score (nSPS) is 18.1. The molecule has 0 N–H and O–H groups in total. The van der Waals surface area contributed by atoms with Gasteiger partial charge in [-0.3, -0.25) is 0 Å². The highest BCUT2D eigenvalue weighted by molar-refractivity contribution is 5.59. The molecule has 0 aliphatic carbocycles. The monoisotopic (exact) mass is 243 g/mol. The lowest BCUT2D eigenvalue weighted by molar-refractivity contribution is 0.369. The third-order valence-electron chi connectivity index (χ3n) is 3.48. The molecule has 2 aromatic rings. The Morgan fingerprint density at radius 3 is 3.00 bits per heavy atom. The first-order chi connectivity index (χ1) is 8.78. The van der Waals surface area contributed by atoms with Gasteiger partial charge in [-0.05, 0) is 25.0 Å². The van der Waals surface area contributed by atoms with Gasteiger partial charge < -0.3 is 9.42 Å². The zero-order valence-corrected chi connectivity index (χ0v) is 10.8. The Balaban J connectivity index is 1.84. The van der Waals surface area contributed by atoms with Crippen molar-refractivity contribution in [3.8, 4) is 0 Å². The molecule has 0 spiro atoms. The van der Waals surface area contributed by atoms with E-state index in [1.807, 2.05) is 6.92 Å². The number of aryl methyl sites for hydroxylation is 1. The van der Waals surface area contributed by atoms with Crippen LogP contribution < -0.4 is 4.90 Å². The Kier molecular flexibility index (Phi) is 2.78. The van der Waals surface area contributed by atoms with Gasteiger partial charge in [-0.1, -0.05) is 30.3 Å². The second-order valence-corrected chi connectivity index (χ2v) is 4.77. The summed E-state index contributed by atoms with van der Waals surface area (Å²) < 4.78 is 5.28. The van der Waals surface area contributed by atoms with Crippen LogP contribution in [0.1, 0.15) is 31.1 Å². The van der Waals surface area contributed by atoms with Crippen LogP contribution in [-0.2, 0) is 19.4 Å². The SMILES string of the molecule is CCc1noc(CN2c3ccccc3CC2C)n1. The van der Waals surface area contributed by atoms with Crippen molar-refractivity contribution >= 4 is 5.69 Å².